The molecule has 182 valence electrons. The molecule has 4 fully saturated rings. The molecule has 7 heteroatoms. The highest BCUT2D eigenvalue weighted by molar-refractivity contribution is 5.87. The topological polar surface area (TPSA) is 94.3 Å². The summed E-state index contributed by atoms with van der Waals surface area (Å²) in [6.07, 6.45) is 11.6. The Hall–Kier alpha value is -1.76. The zero-order chi connectivity index (χ0) is 23.4. The molecule has 0 bridgehead atoms. The van der Waals surface area contributed by atoms with Gasteiger partial charge in [-0.25, -0.2) is 9.48 Å². The third-order valence-electron chi connectivity index (χ3n) is 9.97. The number of esters is 1. The first kappa shape index (κ1) is 23.0. The molecule has 5 rings (SSSR count). The molecule has 1 unspecified atom stereocenters. The molecule has 0 spiro atoms. The Bertz CT molecular complexity index is 911. The SMILES string of the molecule is CCOC(=O)c1cn(CC(=O)[C@H]2CC[C@H]3[C@@H]4CC[C@@H]5C[C@](C)(O)CC[C@@H]5[C@H]4CCC23C)nn1. The Balaban J connectivity index is 1.26. The van der Waals surface area contributed by atoms with Crippen LogP contribution in [0.3, 0.4) is 0 Å². The summed E-state index contributed by atoms with van der Waals surface area (Å²) in [5, 5.41) is 18.5. The minimum atomic E-state index is -0.498. The first-order valence-corrected chi connectivity index (χ1v) is 13.0. The second kappa shape index (κ2) is 8.47. The number of hydrogen-bond donors (Lipinski definition) is 1. The molecule has 4 aliphatic carbocycles. The zero-order valence-electron chi connectivity index (χ0n) is 20.3. The molecule has 1 aromatic heterocycles. The highest BCUT2D eigenvalue weighted by Gasteiger charge is 2.58. The van der Waals surface area contributed by atoms with E-state index in [0.29, 0.717) is 11.8 Å². The third kappa shape index (κ3) is 4.04. The summed E-state index contributed by atoms with van der Waals surface area (Å²) in [4.78, 5) is 25.3. The summed E-state index contributed by atoms with van der Waals surface area (Å²) in [6.45, 7) is 6.60. The lowest BCUT2D eigenvalue weighted by atomic mass is 9.49. The van der Waals surface area contributed by atoms with Crippen LogP contribution in [-0.4, -0.2) is 44.1 Å². The number of fused-ring (bicyclic) bond motifs is 5. The first-order valence-electron chi connectivity index (χ1n) is 13.0. The lowest BCUT2D eigenvalue weighted by Crippen LogP contribution is -2.51. The van der Waals surface area contributed by atoms with E-state index in [1.165, 1.54) is 36.6 Å². The van der Waals surface area contributed by atoms with Gasteiger partial charge in [0.05, 0.1) is 18.4 Å². The van der Waals surface area contributed by atoms with E-state index in [2.05, 4.69) is 17.2 Å². The molecule has 0 amide bonds. The molecule has 4 aliphatic rings. The fourth-order valence-corrected chi connectivity index (χ4v) is 8.55. The maximum atomic E-state index is 13.4. The number of Topliss-reactive ketones (excluding diaryl/α,β-unsaturated/α-hetero) is 1. The number of ether oxygens (including phenoxy) is 1. The molecule has 1 aromatic rings. The lowest BCUT2D eigenvalue weighted by Gasteiger charge is -2.56. The highest BCUT2D eigenvalue weighted by atomic mass is 16.5. The smallest absolute Gasteiger partial charge is 0.360 e. The Morgan fingerprint density at radius 1 is 1.09 bits per heavy atom. The van der Waals surface area contributed by atoms with Gasteiger partial charge in [0, 0.05) is 5.92 Å². The van der Waals surface area contributed by atoms with Gasteiger partial charge >= 0.3 is 5.97 Å². The molecule has 8 atom stereocenters. The largest absolute Gasteiger partial charge is 0.461 e. The molecule has 0 saturated heterocycles. The van der Waals surface area contributed by atoms with E-state index in [1.807, 2.05) is 6.92 Å². The Kier molecular flexibility index (Phi) is 5.91. The number of carbonyl (C=O) groups is 2. The predicted octanol–water partition coefficient (Wildman–Crippen LogP) is 4.04. The van der Waals surface area contributed by atoms with E-state index in [9.17, 15) is 14.7 Å². The number of ketones is 1. The maximum absolute atomic E-state index is 13.4. The maximum Gasteiger partial charge on any atom is 0.360 e. The van der Waals surface area contributed by atoms with Crippen LogP contribution in [0.15, 0.2) is 6.20 Å². The molecular formula is C26H39N3O4. The number of hydrogen-bond acceptors (Lipinski definition) is 6. The van der Waals surface area contributed by atoms with Crippen LogP contribution in [0.25, 0.3) is 0 Å². The molecule has 0 aliphatic heterocycles. The summed E-state index contributed by atoms with van der Waals surface area (Å²) in [5.41, 5.74) is -0.254. The van der Waals surface area contributed by atoms with Gasteiger partial charge in [-0.2, -0.15) is 0 Å². The van der Waals surface area contributed by atoms with Gasteiger partial charge in [-0.05, 0) is 107 Å². The number of rotatable bonds is 5. The number of aromatic nitrogens is 3. The fraction of sp³-hybridized carbons (Fsp3) is 0.846. The van der Waals surface area contributed by atoms with E-state index in [1.54, 1.807) is 6.92 Å². The van der Waals surface area contributed by atoms with Crippen molar-refractivity contribution < 1.29 is 19.4 Å². The monoisotopic (exact) mass is 457 g/mol. The van der Waals surface area contributed by atoms with Crippen LogP contribution in [0.1, 0.15) is 89.0 Å². The Labute approximate surface area is 196 Å². The van der Waals surface area contributed by atoms with E-state index in [-0.39, 0.29) is 36.0 Å². The molecule has 4 saturated carbocycles. The normalized spacial score (nSPS) is 42.2. The first-order chi connectivity index (χ1) is 15.7. The second-order valence-electron chi connectivity index (χ2n) is 11.8. The lowest BCUT2D eigenvalue weighted by molar-refractivity contribution is -0.133. The minimum Gasteiger partial charge on any atom is -0.461 e. The molecule has 7 nitrogen and oxygen atoms in total. The quantitative estimate of drug-likeness (QED) is 0.671. The van der Waals surface area contributed by atoms with Crippen molar-refractivity contribution >= 4 is 11.8 Å². The fourth-order valence-electron chi connectivity index (χ4n) is 8.55. The van der Waals surface area contributed by atoms with Crippen molar-refractivity contribution in [2.45, 2.75) is 90.7 Å². The number of carbonyl (C=O) groups excluding carboxylic acids is 2. The summed E-state index contributed by atoms with van der Waals surface area (Å²) < 4.78 is 6.47. The standard InChI is InChI=1S/C26H39N3O4/c1-4-33-24(31)22-14-29(28-27-22)15-23(30)21-8-7-20-19-6-5-16-13-25(2,32)11-9-17(16)18(19)10-12-26(20,21)3/h14,16-21,32H,4-13,15H2,1-3H3/t16-,17+,18-,19-,20+,21-,25-,26?/m1/s1. The van der Waals surface area contributed by atoms with Gasteiger partial charge in [0.1, 0.15) is 6.54 Å². The highest BCUT2D eigenvalue weighted by Crippen LogP contribution is 2.64. The summed E-state index contributed by atoms with van der Waals surface area (Å²) in [5.74, 6) is 3.35. The van der Waals surface area contributed by atoms with E-state index in [4.69, 9.17) is 4.74 Å². The molecule has 1 N–H and O–H groups in total. The zero-order valence-corrected chi connectivity index (χ0v) is 20.3. The van der Waals surface area contributed by atoms with Crippen LogP contribution in [0.5, 0.6) is 0 Å². The molecule has 0 radical (unpaired) electrons. The second-order valence-corrected chi connectivity index (χ2v) is 11.8. The third-order valence-corrected chi connectivity index (χ3v) is 9.97. The summed E-state index contributed by atoms with van der Waals surface area (Å²) >= 11 is 0. The molecule has 0 aromatic carbocycles. The van der Waals surface area contributed by atoms with Gasteiger partial charge < -0.3 is 9.84 Å². The Morgan fingerprint density at radius 3 is 2.67 bits per heavy atom. The summed E-state index contributed by atoms with van der Waals surface area (Å²) in [6, 6.07) is 0. The molecular weight excluding hydrogens is 418 g/mol. The molecule has 33 heavy (non-hydrogen) atoms. The van der Waals surface area contributed by atoms with Crippen LogP contribution < -0.4 is 0 Å². The van der Waals surface area contributed by atoms with Crippen molar-refractivity contribution in [2.75, 3.05) is 6.61 Å². The van der Waals surface area contributed by atoms with Gasteiger partial charge in [-0.3, -0.25) is 4.79 Å². The average molecular weight is 458 g/mol. The predicted molar refractivity (Wildman–Crippen MR) is 122 cm³/mol. The number of aliphatic hydroxyl groups is 1. The van der Waals surface area contributed by atoms with Crippen molar-refractivity contribution in [2.24, 2.45) is 40.9 Å². The van der Waals surface area contributed by atoms with Crippen LogP contribution >= 0.6 is 0 Å². The van der Waals surface area contributed by atoms with Crippen LogP contribution in [-0.2, 0) is 16.1 Å². The van der Waals surface area contributed by atoms with E-state index >= 15 is 0 Å². The number of nitrogens with zero attached hydrogens (tertiary/aromatic N) is 3. The van der Waals surface area contributed by atoms with Gasteiger partial charge in [-0.15, -0.1) is 5.10 Å². The van der Waals surface area contributed by atoms with Crippen molar-refractivity contribution in [3.8, 4) is 0 Å². The van der Waals surface area contributed by atoms with Crippen LogP contribution in [0.4, 0.5) is 0 Å². The van der Waals surface area contributed by atoms with Crippen LogP contribution in [0.2, 0.25) is 0 Å². The molecule has 1 heterocycles. The van der Waals surface area contributed by atoms with E-state index in [0.717, 1.165) is 49.9 Å². The van der Waals surface area contributed by atoms with Gasteiger partial charge in [-0.1, -0.05) is 12.1 Å². The van der Waals surface area contributed by atoms with E-state index < -0.39 is 11.6 Å². The van der Waals surface area contributed by atoms with Gasteiger partial charge in [0.15, 0.2) is 11.5 Å². The van der Waals surface area contributed by atoms with Crippen molar-refractivity contribution in [1.82, 2.24) is 15.0 Å². The van der Waals surface area contributed by atoms with Crippen LogP contribution in [0, 0.1) is 40.9 Å². The van der Waals surface area contributed by atoms with Gasteiger partial charge in [0.25, 0.3) is 0 Å². The average Bonchev–Trinajstić information content (AvgIpc) is 3.37. The van der Waals surface area contributed by atoms with Gasteiger partial charge in [0.2, 0.25) is 0 Å². The minimum absolute atomic E-state index is 0.0588. The van der Waals surface area contributed by atoms with Crippen molar-refractivity contribution in [3.05, 3.63) is 11.9 Å². The van der Waals surface area contributed by atoms with Crippen molar-refractivity contribution in [3.63, 3.8) is 0 Å². The Morgan fingerprint density at radius 2 is 1.88 bits per heavy atom. The van der Waals surface area contributed by atoms with Crippen molar-refractivity contribution in [1.29, 1.82) is 0 Å². The summed E-state index contributed by atoms with van der Waals surface area (Å²) in [7, 11) is 0.